The third-order valence-electron chi connectivity index (χ3n) is 3.67. The zero-order chi connectivity index (χ0) is 12.3. The number of nitrogens with two attached hydrogens (primary N) is 1. The monoisotopic (exact) mass is 236 g/mol. The number of hydrogen-bond acceptors (Lipinski definition) is 3. The second-order valence-electron chi connectivity index (χ2n) is 5.10. The van der Waals surface area contributed by atoms with Gasteiger partial charge in [0, 0.05) is 36.9 Å². The van der Waals surface area contributed by atoms with E-state index in [-0.39, 0.29) is 6.04 Å². The van der Waals surface area contributed by atoms with Crippen LogP contribution >= 0.6 is 0 Å². The van der Waals surface area contributed by atoms with Crippen molar-refractivity contribution in [3.63, 3.8) is 0 Å². The second-order valence-corrected chi connectivity index (χ2v) is 5.10. The summed E-state index contributed by atoms with van der Waals surface area (Å²) in [7, 11) is 0. The minimum Gasteiger partial charge on any atom is -0.327 e. The Bertz CT molecular complexity index is 345. The lowest BCUT2D eigenvalue weighted by molar-refractivity contribution is 0.123. The first-order chi connectivity index (χ1) is 8.20. The predicted octanol–water partition coefficient (Wildman–Crippen LogP) is 1.60. The molecule has 1 aliphatic rings. The molecule has 2 rings (SSSR count). The highest BCUT2D eigenvalue weighted by molar-refractivity contribution is 5.04. The molecule has 0 aliphatic carbocycles. The molecule has 4 nitrogen and oxygen atoms in total. The van der Waals surface area contributed by atoms with Crippen molar-refractivity contribution in [1.29, 1.82) is 0 Å². The van der Waals surface area contributed by atoms with E-state index in [9.17, 15) is 0 Å². The van der Waals surface area contributed by atoms with E-state index in [0.717, 1.165) is 13.1 Å². The van der Waals surface area contributed by atoms with Gasteiger partial charge in [-0.1, -0.05) is 6.42 Å². The molecule has 4 heteroatoms. The molecule has 0 spiro atoms. The molecule has 2 atom stereocenters. The normalized spacial score (nSPS) is 23.8. The van der Waals surface area contributed by atoms with E-state index in [4.69, 9.17) is 5.73 Å². The van der Waals surface area contributed by atoms with Crippen LogP contribution in [0.1, 0.15) is 38.7 Å². The molecular weight excluding hydrogens is 212 g/mol. The number of hydrogen-bond donors (Lipinski definition) is 1. The van der Waals surface area contributed by atoms with Gasteiger partial charge in [-0.2, -0.15) is 5.10 Å². The quantitative estimate of drug-likeness (QED) is 0.864. The van der Waals surface area contributed by atoms with E-state index in [0.29, 0.717) is 6.04 Å². The minimum absolute atomic E-state index is 0.261. The number of rotatable bonds is 4. The van der Waals surface area contributed by atoms with Gasteiger partial charge in [-0.3, -0.25) is 9.58 Å². The molecule has 0 saturated carbocycles. The van der Waals surface area contributed by atoms with Crippen LogP contribution < -0.4 is 5.73 Å². The average Bonchev–Trinajstić information content (AvgIpc) is 2.77. The molecule has 1 saturated heterocycles. The largest absolute Gasteiger partial charge is 0.327 e. The molecule has 17 heavy (non-hydrogen) atoms. The highest BCUT2D eigenvalue weighted by atomic mass is 15.3. The first-order valence-electron chi connectivity index (χ1n) is 6.71. The maximum absolute atomic E-state index is 6.08. The number of likely N-dealkylation sites (tertiary alicyclic amines) is 1. The summed E-state index contributed by atoms with van der Waals surface area (Å²) in [5.74, 6) is 0. The maximum Gasteiger partial charge on any atom is 0.0534 e. The summed E-state index contributed by atoms with van der Waals surface area (Å²) < 4.78 is 1.99. The van der Waals surface area contributed by atoms with Crippen LogP contribution in [0.3, 0.4) is 0 Å². The SMILES string of the molecule is CCn1cc(CN2CCCCC2C(C)N)cn1. The molecule has 2 heterocycles. The molecule has 0 amide bonds. The highest BCUT2D eigenvalue weighted by Crippen LogP contribution is 2.21. The van der Waals surface area contributed by atoms with Gasteiger partial charge in [-0.25, -0.2) is 0 Å². The van der Waals surface area contributed by atoms with E-state index in [2.05, 4.69) is 30.0 Å². The zero-order valence-electron chi connectivity index (χ0n) is 11.0. The Hall–Kier alpha value is -0.870. The van der Waals surface area contributed by atoms with E-state index >= 15 is 0 Å². The van der Waals surface area contributed by atoms with Gasteiger partial charge in [0.25, 0.3) is 0 Å². The lowest BCUT2D eigenvalue weighted by Gasteiger charge is -2.37. The highest BCUT2D eigenvalue weighted by Gasteiger charge is 2.25. The van der Waals surface area contributed by atoms with Gasteiger partial charge in [-0.15, -0.1) is 0 Å². The van der Waals surface area contributed by atoms with Crippen LogP contribution in [-0.2, 0) is 13.1 Å². The van der Waals surface area contributed by atoms with Crippen LogP contribution in [-0.4, -0.2) is 33.3 Å². The molecule has 1 aromatic rings. The standard InChI is InChI=1S/C13H24N4/c1-3-17-10-12(8-15-17)9-16-7-5-4-6-13(16)11(2)14/h8,10-11,13H,3-7,9,14H2,1-2H3. The Morgan fingerprint density at radius 3 is 3.00 bits per heavy atom. The van der Waals surface area contributed by atoms with Gasteiger partial charge in [0.2, 0.25) is 0 Å². The van der Waals surface area contributed by atoms with Crippen LogP contribution in [0.2, 0.25) is 0 Å². The van der Waals surface area contributed by atoms with E-state index < -0.39 is 0 Å². The molecule has 96 valence electrons. The second kappa shape index (κ2) is 5.65. The van der Waals surface area contributed by atoms with Crippen molar-refractivity contribution in [3.05, 3.63) is 18.0 Å². The Morgan fingerprint density at radius 1 is 1.53 bits per heavy atom. The van der Waals surface area contributed by atoms with Crippen LogP contribution in [0, 0.1) is 0 Å². The number of aromatic nitrogens is 2. The molecule has 2 N–H and O–H groups in total. The molecule has 0 aromatic carbocycles. The number of nitrogens with zero attached hydrogens (tertiary/aromatic N) is 3. The van der Waals surface area contributed by atoms with Crippen LogP contribution in [0.4, 0.5) is 0 Å². The summed E-state index contributed by atoms with van der Waals surface area (Å²) in [6, 6.07) is 0.797. The Kier molecular flexibility index (Phi) is 4.18. The molecular formula is C13H24N4. The van der Waals surface area contributed by atoms with Crippen LogP contribution in [0.25, 0.3) is 0 Å². The summed E-state index contributed by atoms with van der Waals surface area (Å²) in [6.07, 6.45) is 7.98. The van der Waals surface area contributed by atoms with Crippen LogP contribution in [0.15, 0.2) is 12.4 Å². The van der Waals surface area contributed by atoms with Crippen molar-refractivity contribution in [2.75, 3.05) is 6.54 Å². The Labute approximate surface area is 104 Å². The Morgan fingerprint density at radius 2 is 2.35 bits per heavy atom. The average molecular weight is 236 g/mol. The third-order valence-corrected chi connectivity index (χ3v) is 3.67. The van der Waals surface area contributed by atoms with E-state index in [1.54, 1.807) is 0 Å². The summed E-state index contributed by atoms with van der Waals surface area (Å²) >= 11 is 0. The molecule has 1 fully saturated rings. The number of piperidine rings is 1. The van der Waals surface area contributed by atoms with Crippen molar-refractivity contribution in [2.24, 2.45) is 5.73 Å². The summed E-state index contributed by atoms with van der Waals surface area (Å²) in [6.45, 7) is 7.34. The van der Waals surface area contributed by atoms with E-state index in [1.165, 1.54) is 31.4 Å². The fourth-order valence-corrected chi connectivity index (χ4v) is 2.70. The van der Waals surface area contributed by atoms with Gasteiger partial charge in [0.1, 0.15) is 0 Å². The summed E-state index contributed by atoms with van der Waals surface area (Å²) in [5, 5.41) is 4.33. The maximum atomic E-state index is 6.08. The van der Waals surface area contributed by atoms with Crippen molar-refractivity contribution < 1.29 is 0 Å². The third kappa shape index (κ3) is 3.07. The topological polar surface area (TPSA) is 47.1 Å². The zero-order valence-corrected chi connectivity index (χ0v) is 11.0. The van der Waals surface area contributed by atoms with Crippen molar-refractivity contribution >= 4 is 0 Å². The first kappa shape index (κ1) is 12.6. The van der Waals surface area contributed by atoms with Gasteiger partial charge in [0.15, 0.2) is 0 Å². The van der Waals surface area contributed by atoms with Gasteiger partial charge in [-0.05, 0) is 33.2 Å². The van der Waals surface area contributed by atoms with Crippen molar-refractivity contribution in [2.45, 2.75) is 58.3 Å². The lowest BCUT2D eigenvalue weighted by atomic mass is 9.96. The smallest absolute Gasteiger partial charge is 0.0534 e. The summed E-state index contributed by atoms with van der Waals surface area (Å²) in [4.78, 5) is 2.52. The van der Waals surface area contributed by atoms with Gasteiger partial charge in [0.05, 0.1) is 6.20 Å². The van der Waals surface area contributed by atoms with Crippen molar-refractivity contribution in [3.8, 4) is 0 Å². The predicted molar refractivity (Wildman–Crippen MR) is 69.6 cm³/mol. The lowest BCUT2D eigenvalue weighted by Crippen LogP contribution is -2.48. The Balaban J connectivity index is 2.00. The summed E-state index contributed by atoms with van der Waals surface area (Å²) in [5.41, 5.74) is 7.39. The molecule has 0 radical (unpaired) electrons. The fourth-order valence-electron chi connectivity index (χ4n) is 2.70. The fraction of sp³-hybridized carbons (Fsp3) is 0.769. The molecule has 0 bridgehead atoms. The number of aryl methyl sites for hydroxylation is 1. The van der Waals surface area contributed by atoms with E-state index in [1.807, 2.05) is 10.9 Å². The molecule has 1 aliphatic heterocycles. The minimum atomic E-state index is 0.261. The van der Waals surface area contributed by atoms with Gasteiger partial charge >= 0.3 is 0 Å². The van der Waals surface area contributed by atoms with Crippen LogP contribution in [0.5, 0.6) is 0 Å². The van der Waals surface area contributed by atoms with Gasteiger partial charge < -0.3 is 5.73 Å². The molecule has 1 aromatic heterocycles. The van der Waals surface area contributed by atoms with Crippen molar-refractivity contribution in [1.82, 2.24) is 14.7 Å². The first-order valence-corrected chi connectivity index (χ1v) is 6.71. The molecule has 2 unspecified atom stereocenters.